The molecule has 26 heavy (non-hydrogen) atoms. The Bertz CT molecular complexity index is 1060. The molecule has 0 aliphatic carbocycles. The van der Waals surface area contributed by atoms with Gasteiger partial charge in [-0.05, 0) is 48.6 Å². The minimum atomic E-state index is 0.334. The van der Waals surface area contributed by atoms with Crippen LogP contribution in [0.1, 0.15) is 11.5 Å². The van der Waals surface area contributed by atoms with E-state index in [0.29, 0.717) is 34.5 Å². The van der Waals surface area contributed by atoms with Crippen LogP contribution in [0.4, 0.5) is 0 Å². The second kappa shape index (κ2) is 7.24. The zero-order valence-electron chi connectivity index (χ0n) is 13.5. The van der Waals surface area contributed by atoms with E-state index in [9.17, 15) is 0 Å². The van der Waals surface area contributed by atoms with Crippen LogP contribution in [-0.2, 0) is 6.61 Å². The Morgan fingerprint density at radius 2 is 2.04 bits per heavy atom. The lowest BCUT2D eigenvalue weighted by Crippen LogP contribution is -1.94. The van der Waals surface area contributed by atoms with Gasteiger partial charge in [0.1, 0.15) is 23.9 Å². The van der Waals surface area contributed by atoms with E-state index >= 15 is 0 Å². The summed E-state index contributed by atoms with van der Waals surface area (Å²) >= 11 is 5.20. The van der Waals surface area contributed by atoms with Crippen LogP contribution in [0.15, 0.2) is 74.8 Å². The van der Waals surface area contributed by atoms with Gasteiger partial charge in [0.2, 0.25) is 10.6 Å². The van der Waals surface area contributed by atoms with Crippen molar-refractivity contribution >= 4 is 18.4 Å². The molecule has 0 amide bonds. The number of aromatic amines is 1. The van der Waals surface area contributed by atoms with Crippen LogP contribution in [0.25, 0.3) is 11.6 Å². The predicted octanol–water partition coefficient (Wildman–Crippen LogP) is 4.25. The lowest BCUT2D eigenvalue weighted by Gasteiger charge is -2.02. The molecule has 0 aliphatic rings. The van der Waals surface area contributed by atoms with E-state index in [1.54, 1.807) is 24.6 Å². The quantitative estimate of drug-likeness (QED) is 0.407. The summed E-state index contributed by atoms with van der Waals surface area (Å²) in [6.07, 6.45) is 3.12. The lowest BCUT2D eigenvalue weighted by atomic mass is 10.3. The molecule has 8 heteroatoms. The molecule has 0 radical (unpaired) electrons. The molecule has 0 atom stereocenters. The Labute approximate surface area is 153 Å². The third kappa shape index (κ3) is 3.50. The maximum Gasteiger partial charge on any atom is 0.219 e. The van der Waals surface area contributed by atoms with Crippen LogP contribution in [0.3, 0.4) is 0 Å². The first-order valence-electron chi connectivity index (χ1n) is 7.82. The molecule has 0 unspecified atom stereocenters. The van der Waals surface area contributed by atoms with Crippen LogP contribution in [0, 0.1) is 4.77 Å². The molecule has 4 aromatic rings. The topological polar surface area (TPSA) is 81.5 Å². The first-order chi connectivity index (χ1) is 12.8. The van der Waals surface area contributed by atoms with Gasteiger partial charge in [0.05, 0.1) is 12.5 Å². The number of aromatic nitrogens is 3. The van der Waals surface area contributed by atoms with E-state index in [4.69, 9.17) is 25.8 Å². The van der Waals surface area contributed by atoms with Gasteiger partial charge in [-0.25, -0.2) is 5.10 Å². The van der Waals surface area contributed by atoms with Gasteiger partial charge in [0.25, 0.3) is 0 Å². The number of nitrogens with zero attached hydrogens (tertiary/aromatic N) is 3. The molecule has 7 nitrogen and oxygen atoms in total. The number of furan rings is 2. The summed E-state index contributed by atoms with van der Waals surface area (Å²) in [4.78, 5) is 0. The van der Waals surface area contributed by atoms with E-state index in [-0.39, 0.29) is 0 Å². The van der Waals surface area contributed by atoms with Crippen molar-refractivity contribution in [2.24, 2.45) is 5.10 Å². The van der Waals surface area contributed by atoms with Gasteiger partial charge in [-0.2, -0.15) is 9.78 Å². The number of hydrogen-bond donors (Lipinski definition) is 1. The number of rotatable bonds is 6. The molecule has 0 saturated carbocycles. The molecule has 4 rings (SSSR count). The van der Waals surface area contributed by atoms with Gasteiger partial charge >= 0.3 is 0 Å². The van der Waals surface area contributed by atoms with Crippen molar-refractivity contribution in [3.8, 4) is 17.3 Å². The molecular weight excluding hydrogens is 352 g/mol. The van der Waals surface area contributed by atoms with Crippen molar-refractivity contribution in [1.29, 1.82) is 0 Å². The minimum Gasteiger partial charge on any atom is -0.486 e. The van der Waals surface area contributed by atoms with Gasteiger partial charge < -0.3 is 13.6 Å². The number of nitrogens with one attached hydrogen (secondary N) is 1. The normalized spacial score (nSPS) is 11.2. The van der Waals surface area contributed by atoms with Gasteiger partial charge in [0.15, 0.2) is 5.76 Å². The van der Waals surface area contributed by atoms with E-state index in [2.05, 4.69) is 15.3 Å². The molecule has 0 saturated heterocycles. The van der Waals surface area contributed by atoms with Crippen molar-refractivity contribution in [1.82, 2.24) is 14.9 Å². The number of para-hydroxylation sites is 1. The van der Waals surface area contributed by atoms with Crippen LogP contribution < -0.4 is 4.74 Å². The fourth-order valence-electron chi connectivity index (χ4n) is 2.29. The molecule has 0 spiro atoms. The van der Waals surface area contributed by atoms with Crippen molar-refractivity contribution in [3.63, 3.8) is 0 Å². The SMILES string of the molecule is S=c1[nH]nc(-c2ccco2)n1/N=C\c1ccc(COc2ccccc2)o1. The smallest absolute Gasteiger partial charge is 0.219 e. The molecule has 3 aromatic heterocycles. The Balaban J connectivity index is 1.48. The van der Waals surface area contributed by atoms with E-state index in [1.165, 1.54) is 4.68 Å². The minimum absolute atomic E-state index is 0.334. The molecule has 130 valence electrons. The molecule has 1 N–H and O–H groups in total. The van der Waals surface area contributed by atoms with E-state index < -0.39 is 0 Å². The van der Waals surface area contributed by atoms with Gasteiger partial charge in [-0.1, -0.05) is 18.2 Å². The zero-order valence-corrected chi connectivity index (χ0v) is 14.3. The van der Waals surface area contributed by atoms with E-state index in [0.717, 1.165) is 5.75 Å². The fourth-order valence-corrected chi connectivity index (χ4v) is 2.47. The van der Waals surface area contributed by atoms with Crippen molar-refractivity contribution < 1.29 is 13.6 Å². The van der Waals surface area contributed by atoms with Crippen LogP contribution in [0.2, 0.25) is 0 Å². The number of benzene rings is 1. The van der Waals surface area contributed by atoms with Crippen LogP contribution in [-0.4, -0.2) is 21.1 Å². The lowest BCUT2D eigenvalue weighted by molar-refractivity contribution is 0.270. The van der Waals surface area contributed by atoms with Crippen molar-refractivity contribution in [2.45, 2.75) is 6.61 Å². The molecule has 0 aliphatic heterocycles. The summed E-state index contributed by atoms with van der Waals surface area (Å²) in [5.74, 6) is 3.09. The summed E-state index contributed by atoms with van der Waals surface area (Å²) in [7, 11) is 0. The van der Waals surface area contributed by atoms with Gasteiger partial charge in [0, 0.05) is 0 Å². The summed E-state index contributed by atoms with van der Waals surface area (Å²) in [5, 5.41) is 11.1. The molecule has 1 aromatic carbocycles. The average Bonchev–Trinajstić information content (AvgIpc) is 3.40. The van der Waals surface area contributed by atoms with Crippen LogP contribution >= 0.6 is 12.2 Å². The first kappa shape index (κ1) is 16.1. The highest BCUT2D eigenvalue weighted by molar-refractivity contribution is 7.71. The number of ether oxygens (including phenoxy) is 1. The molecule has 0 fully saturated rings. The number of H-pyrrole nitrogens is 1. The molecule has 3 heterocycles. The summed E-state index contributed by atoms with van der Waals surface area (Å²) in [5.41, 5.74) is 0. The summed E-state index contributed by atoms with van der Waals surface area (Å²) in [6.45, 7) is 0.334. The fraction of sp³-hybridized carbons (Fsp3) is 0.0556. The van der Waals surface area contributed by atoms with Crippen molar-refractivity contribution in [3.05, 3.63) is 77.2 Å². The highest BCUT2D eigenvalue weighted by Crippen LogP contribution is 2.18. The predicted molar refractivity (Wildman–Crippen MR) is 97.6 cm³/mol. The maximum absolute atomic E-state index is 5.70. The summed E-state index contributed by atoms with van der Waals surface area (Å²) in [6, 6.07) is 16.8. The average molecular weight is 366 g/mol. The van der Waals surface area contributed by atoms with Gasteiger partial charge in [-0.3, -0.25) is 0 Å². The Morgan fingerprint density at radius 3 is 2.85 bits per heavy atom. The third-order valence-corrected chi connectivity index (χ3v) is 3.76. The second-order valence-corrected chi connectivity index (χ2v) is 5.68. The highest BCUT2D eigenvalue weighted by atomic mass is 32.1. The standard InChI is InChI=1S/C18H14N4O3S/c26-18-21-20-17(16-7-4-10-23-16)22(18)19-11-14-8-9-15(25-14)12-24-13-5-2-1-3-6-13/h1-11H,12H2,(H,21,26)/b19-11-. The Morgan fingerprint density at radius 1 is 1.15 bits per heavy atom. The maximum atomic E-state index is 5.70. The summed E-state index contributed by atoms with van der Waals surface area (Å²) < 4.78 is 18.5. The Hall–Kier alpha value is -3.39. The first-order valence-corrected chi connectivity index (χ1v) is 8.22. The van der Waals surface area contributed by atoms with E-state index in [1.807, 2.05) is 42.5 Å². The number of hydrogen-bond acceptors (Lipinski definition) is 6. The Kier molecular flexibility index (Phi) is 4.48. The largest absolute Gasteiger partial charge is 0.486 e. The monoisotopic (exact) mass is 366 g/mol. The zero-order chi connectivity index (χ0) is 17.8. The molecule has 0 bridgehead atoms. The van der Waals surface area contributed by atoms with Crippen molar-refractivity contribution in [2.75, 3.05) is 0 Å². The third-order valence-electron chi connectivity index (χ3n) is 3.50. The molecular formula is C18H14N4O3S. The highest BCUT2D eigenvalue weighted by Gasteiger charge is 2.10. The second-order valence-electron chi connectivity index (χ2n) is 5.29. The van der Waals surface area contributed by atoms with Crippen LogP contribution in [0.5, 0.6) is 5.75 Å². The van der Waals surface area contributed by atoms with Gasteiger partial charge in [-0.15, -0.1) is 5.10 Å².